The Morgan fingerprint density at radius 3 is 2.74 bits per heavy atom. The lowest BCUT2D eigenvalue weighted by molar-refractivity contribution is 0.0713. The summed E-state index contributed by atoms with van der Waals surface area (Å²) in [6, 6.07) is 15.7. The lowest BCUT2D eigenvalue weighted by Gasteiger charge is -2.34. The fourth-order valence-electron chi connectivity index (χ4n) is 4.22. The van der Waals surface area contributed by atoms with Crippen LogP contribution in [0.4, 0.5) is 5.69 Å². The Morgan fingerprint density at radius 2 is 1.90 bits per heavy atom. The molecule has 0 bridgehead atoms. The molecule has 1 unspecified atom stereocenters. The van der Waals surface area contributed by atoms with Crippen molar-refractivity contribution in [2.45, 2.75) is 25.8 Å². The number of rotatable bonds is 4. The highest BCUT2D eigenvalue weighted by atomic mass is 16.6. The molecule has 1 fully saturated rings. The molecule has 0 radical (unpaired) electrons. The number of fused-ring (bicyclic) bond motifs is 1. The first-order valence-electron chi connectivity index (χ1n) is 10.7. The molecule has 160 valence electrons. The van der Waals surface area contributed by atoms with Crippen molar-refractivity contribution in [2.24, 2.45) is 0 Å². The Balaban J connectivity index is 1.32. The van der Waals surface area contributed by atoms with Crippen LogP contribution in [0.2, 0.25) is 0 Å². The maximum atomic E-state index is 13.4. The molecule has 1 aromatic heterocycles. The summed E-state index contributed by atoms with van der Waals surface area (Å²) < 4.78 is 16.7. The van der Waals surface area contributed by atoms with E-state index < -0.39 is 0 Å². The van der Waals surface area contributed by atoms with E-state index in [4.69, 9.17) is 14.0 Å². The number of likely N-dealkylation sites (tertiary alicyclic amines) is 1. The van der Waals surface area contributed by atoms with E-state index in [9.17, 15) is 4.79 Å². The minimum atomic E-state index is -0.0359. The van der Waals surface area contributed by atoms with Gasteiger partial charge in [0.05, 0.1) is 0 Å². The van der Waals surface area contributed by atoms with Crippen LogP contribution in [-0.2, 0) is 0 Å². The zero-order chi connectivity index (χ0) is 21.2. The monoisotopic (exact) mass is 419 g/mol. The van der Waals surface area contributed by atoms with Crippen LogP contribution in [0.25, 0.3) is 11.3 Å². The smallest absolute Gasteiger partial charge is 0.259 e. The van der Waals surface area contributed by atoms with Gasteiger partial charge in [-0.25, -0.2) is 0 Å². The third-order valence-electron chi connectivity index (χ3n) is 5.75. The topological polar surface area (TPSA) is 76.8 Å². The molecule has 2 aromatic carbocycles. The predicted molar refractivity (Wildman–Crippen MR) is 117 cm³/mol. The van der Waals surface area contributed by atoms with E-state index >= 15 is 0 Å². The van der Waals surface area contributed by atoms with Gasteiger partial charge >= 0.3 is 0 Å². The summed E-state index contributed by atoms with van der Waals surface area (Å²) in [7, 11) is 0. The van der Waals surface area contributed by atoms with Gasteiger partial charge in [0.25, 0.3) is 5.91 Å². The number of benzene rings is 2. The van der Waals surface area contributed by atoms with E-state index in [1.807, 2.05) is 53.4 Å². The number of carbonyl (C=O) groups is 1. The second kappa shape index (κ2) is 8.34. The quantitative estimate of drug-likeness (QED) is 0.685. The molecule has 7 nitrogen and oxygen atoms in total. The van der Waals surface area contributed by atoms with Gasteiger partial charge in [0.15, 0.2) is 11.5 Å². The number of hydrogen-bond acceptors (Lipinski definition) is 6. The van der Waals surface area contributed by atoms with E-state index in [1.54, 1.807) is 6.92 Å². The van der Waals surface area contributed by atoms with Gasteiger partial charge in [0.1, 0.15) is 30.2 Å². The molecule has 31 heavy (non-hydrogen) atoms. The van der Waals surface area contributed by atoms with Crippen LogP contribution in [0.5, 0.6) is 11.5 Å². The molecule has 5 rings (SSSR count). The lowest BCUT2D eigenvalue weighted by atomic mass is 10.0. The van der Waals surface area contributed by atoms with Crippen molar-refractivity contribution in [3.63, 3.8) is 0 Å². The third kappa shape index (κ3) is 3.95. The number of hydrogen-bond donors (Lipinski definition) is 1. The van der Waals surface area contributed by atoms with Crippen LogP contribution in [0, 0.1) is 6.92 Å². The molecule has 1 N–H and O–H groups in total. The molecular formula is C24H25N3O4. The van der Waals surface area contributed by atoms with Gasteiger partial charge in [-0.15, -0.1) is 0 Å². The van der Waals surface area contributed by atoms with Crippen molar-refractivity contribution in [1.29, 1.82) is 0 Å². The summed E-state index contributed by atoms with van der Waals surface area (Å²) in [6.45, 7) is 4.27. The van der Waals surface area contributed by atoms with E-state index in [0.717, 1.165) is 42.1 Å². The van der Waals surface area contributed by atoms with Crippen LogP contribution in [0.15, 0.2) is 53.1 Å². The second-order valence-electron chi connectivity index (χ2n) is 7.92. The molecule has 1 amide bonds. The number of aromatic nitrogens is 1. The van der Waals surface area contributed by atoms with Crippen LogP contribution in [0.3, 0.4) is 0 Å². The average Bonchev–Trinajstić information content (AvgIpc) is 3.20. The summed E-state index contributed by atoms with van der Waals surface area (Å²) in [5.74, 6) is 2.04. The summed E-state index contributed by atoms with van der Waals surface area (Å²) in [5, 5.41) is 7.72. The van der Waals surface area contributed by atoms with E-state index in [-0.39, 0.29) is 11.9 Å². The fraction of sp³-hybridized carbons (Fsp3) is 0.333. The Bertz CT molecular complexity index is 1080. The molecule has 1 saturated heterocycles. The predicted octanol–water partition coefficient (Wildman–Crippen LogP) is 4.14. The standard InChI is InChI=1S/C24H25N3O4/c1-16-22(23(26-31-16)17-6-3-2-4-7-17)24(28)27-11-5-8-19(15-27)25-18-9-10-20-21(14-18)30-13-12-29-20/h2-4,6-7,9-10,14,19,25H,5,8,11-13,15H2,1H3. The first kappa shape index (κ1) is 19.5. The first-order chi connectivity index (χ1) is 15.2. The number of anilines is 1. The summed E-state index contributed by atoms with van der Waals surface area (Å²) >= 11 is 0. The number of aryl methyl sites for hydroxylation is 1. The molecule has 2 aliphatic rings. The van der Waals surface area contributed by atoms with Crippen molar-refractivity contribution < 1.29 is 18.8 Å². The molecular weight excluding hydrogens is 394 g/mol. The molecule has 3 heterocycles. The number of nitrogens with one attached hydrogen (secondary N) is 1. The Labute approximate surface area is 180 Å². The average molecular weight is 419 g/mol. The van der Waals surface area contributed by atoms with Crippen molar-refractivity contribution in [3.8, 4) is 22.8 Å². The van der Waals surface area contributed by atoms with Gasteiger partial charge in [-0.05, 0) is 31.9 Å². The molecule has 7 heteroatoms. The SMILES string of the molecule is Cc1onc(-c2ccccc2)c1C(=O)N1CCCC(Nc2ccc3c(c2)OCCO3)C1. The van der Waals surface area contributed by atoms with Gasteiger partial charge in [0, 0.05) is 36.4 Å². The third-order valence-corrected chi connectivity index (χ3v) is 5.75. The summed E-state index contributed by atoms with van der Waals surface area (Å²) in [6.07, 6.45) is 1.92. The van der Waals surface area contributed by atoms with Gasteiger partial charge in [0.2, 0.25) is 0 Å². The fourth-order valence-corrected chi connectivity index (χ4v) is 4.22. The van der Waals surface area contributed by atoms with Crippen molar-refractivity contribution >= 4 is 11.6 Å². The highest BCUT2D eigenvalue weighted by molar-refractivity contribution is 6.00. The zero-order valence-corrected chi connectivity index (χ0v) is 17.5. The van der Waals surface area contributed by atoms with E-state index in [2.05, 4.69) is 10.5 Å². The molecule has 0 saturated carbocycles. The van der Waals surface area contributed by atoms with Crippen LogP contribution in [-0.4, -0.2) is 48.3 Å². The Kier molecular flexibility index (Phi) is 5.24. The molecule has 3 aromatic rings. The number of nitrogens with zero attached hydrogens (tertiary/aromatic N) is 2. The number of carbonyl (C=O) groups excluding carboxylic acids is 1. The maximum absolute atomic E-state index is 13.4. The van der Waals surface area contributed by atoms with Crippen LogP contribution >= 0.6 is 0 Å². The minimum absolute atomic E-state index is 0.0359. The number of piperidine rings is 1. The first-order valence-corrected chi connectivity index (χ1v) is 10.7. The zero-order valence-electron chi connectivity index (χ0n) is 17.5. The lowest BCUT2D eigenvalue weighted by Crippen LogP contribution is -2.45. The van der Waals surface area contributed by atoms with Crippen LogP contribution in [0.1, 0.15) is 29.0 Å². The van der Waals surface area contributed by atoms with Gasteiger partial charge in [-0.3, -0.25) is 4.79 Å². The maximum Gasteiger partial charge on any atom is 0.259 e. The Hall–Kier alpha value is -3.48. The summed E-state index contributed by atoms with van der Waals surface area (Å²) in [5.41, 5.74) is 3.00. The summed E-state index contributed by atoms with van der Waals surface area (Å²) in [4.78, 5) is 15.3. The van der Waals surface area contributed by atoms with Crippen molar-refractivity contribution in [1.82, 2.24) is 10.1 Å². The second-order valence-corrected chi connectivity index (χ2v) is 7.92. The molecule has 1 atom stereocenters. The van der Waals surface area contributed by atoms with Crippen molar-refractivity contribution in [2.75, 3.05) is 31.6 Å². The van der Waals surface area contributed by atoms with Gasteiger partial charge in [-0.2, -0.15) is 0 Å². The highest BCUT2D eigenvalue weighted by Gasteiger charge is 2.30. The Morgan fingerprint density at radius 1 is 1.10 bits per heavy atom. The van der Waals surface area contributed by atoms with Gasteiger partial charge < -0.3 is 24.2 Å². The number of amides is 1. The van der Waals surface area contributed by atoms with E-state index in [0.29, 0.717) is 36.8 Å². The highest BCUT2D eigenvalue weighted by Crippen LogP contribution is 2.33. The van der Waals surface area contributed by atoms with Crippen molar-refractivity contribution in [3.05, 3.63) is 59.9 Å². The largest absolute Gasteiger partial charge is 0.486 e. The minimum Gasteiger partial charge on any atom is -0.486 e. The molecule has 0 spiro atoms. The normalized spacial score (nSPS) is 18.0. The van der Waals surface area contributed by atoms with E-state index in [1.165, 1.54) is 0 Å². The number of ether oxygens (including phenoxy) is 2. The van der Waals surface area contributed by atoms with Crippen LogP contribution < -0.4 is 14.8 Å². The van der Waals surface area contributed by atoms with Gasteiger partial charge in [-0.1, -0.05) is 35.5 Å². The molecule has 2 aliphatic heterocycles. The molecule has 0 aliphatic carbocycles.